The summed E-state index contributed by atoms with van der Waals surface area (Å²) < 4.78 is 43.4. The lowest BCUT2D eigenvalue weighted by molar-refractivity contribution is -0.144. The highest BCUT2D eigenvalue weighted by Crippen LogP contribution is 2.28. The van der Waals surface area contributed by atoms with E-state index < -0.39 is 29.0 Å². The third-order valence-corrected chi connectivity index (χ3v) is 2.50. The number of hydrogen-bond donors (Lipinski definition) is 1. The van der Waals surface area contributed by atoms with E-state index in [0.717, 1.165) is 6.07 Å². The highest BCUT2D eigenvalue weighted by Gasteiger charge is 2.35. The van der Waals surface area contributed by atoms with E-state index in [9.17, 15) is 22.8 Å². The highest BCUT2D eigenvalue weighted by atomic mass is 19.4. The van der Waals surface area contributed by atoms with Crippen LogP contribution in [-0.4, -0.2) is 28.9 Å². The summed E-state index contributed by atoms with van der Waals surface area (Å²) in [6.07, 6.45) is -4.75. The van der Waals surface area contributed by atoms with Crippen LogP contribution in [0.15, 0.2) is 16.9 Å². The Balaban J connectivity index is 3.35. The molecule has 0 saturated carbocycles. The SMILES string of the molecule is CCOC(=O)c1ccc(C(F)(F)F)n(CCCO)c1=O. The molecule has 0 aliphatic rings. The Hall–Kier alpha value is -1.83. The second kappa shape index (κ2) is 6.56. The van der Waals surface area contributed by atoms with Crippen molar-refractivity contribution in [3.63, 3.8) is 0 Å². The fraction of sp³-hybridized carbons (Fsp3) is 0.500. The maximum Gasteiger partial charge on any atom is 0.431 e. The number of ether oxygens (including phenoxy) is 1. The molecule has 0 spiro atoms. The summed E-state index contributed by atoms with van der Waals surface area (Å²) in [5, 5.41) is 8.69. The fourth-order valence-corrected chi connectivity index (χ4v) is 1.64. The Morgan fingerprint density at radius 1 is 1.40 bits per heavy atom. The van der Waals surface area contributed by atoms with Crippen LogP contribution in [0, 0.1) is 0 Å². The molecule has 1 heterocycles. The van der Waals surface area contributed by atoms with Crippen molar-refractivity contribution in [3.05, 3.63) is 33.7 Å². The Labute approximate surface area is 112 Å². The fourth-order valence-electron chi connectivity index (χ4n) is 1.64. The van der Waals surface area contributed by atoms with Gasteiger partial charge in [-0.2, -0.15) is 13.2 Å². The van der Waals surface area contributed by atoms with E-state index in [-0.39, 0.29) is 26.2 Å². The summed E-state index contributed by atoms with van der Waals surface area (Å²) in [5.74, 6) is -0.969. The van der Waals surface area contributed by atoms with Crippen molar-refractivity contribution >= 4 is 5.97 Å². The van der Waals surface area contributed by atoms with E-state index >= 15 is 0 Å². The molecular formula is C12H14F3NO4. The molecule has 1 aromatic rings. The van der Waals surface area contributed by atoms with E-state index in [2.05, 4.69) is 4.74 Å². The van der Waals surface area contributed by atoms with Gasteiger partial charge in [0.2, 0.25) is 0 Å². The monoisotopic (exact) mass is 293 g/mol. The van der Waals surface area contributed by atoms with Crippen molar-refractivity contribution in [2.45, 2.75) is 26.1 Å². The average Bonchev–Trinajstić information content (AvgIpc) is 2.36. The van der Waals surface area contributed by atoms with Gasteiger partial charge < -0.3 is 14.4 Å². The number of alkyl halides is 3. The second-order valence-electron chi connectivity index (χ2n) is 3.88. The molecule has 0 aliphatic heterocycles. The van der Waals surface area contributed by atoms with Gasteiger partial charge in [0.1, 0.15) is 11.3 Å². The quantitative estimate of drug-likeness (QED) is 0.834. The molecule has 1 rings (SSSR count). The van der Waals surface area contributed by atoms with E-state index in [4.69, 9.17) is 5.11 Å². The van der Waals surface area contributed by atoms with E-state index in [1.807, 2.05) is 0 Å². The van der Waals surface area contributed by atoms with Gasteiger partial charge in [0.15, 0.2) is 0 Å². The van der Waals surface area contributed by atoms with Gasteiger partial charge in [-0.3, -0.25) is 4.79 Å². The lowest BCUT2D eigenvalue weighted by Crippen LogP contribution is -2.32. The van der Waals surface area contributed by atoms with Crippen LogP contribution in [-0.2, 0) is 17.5 Å². The summed E-state index contributed by atoms with van der Waals surface area (Å²) in [7, 11) is 0. The van der Waals surface area contributed by atoms with Crippen molar-refractivity contribution in [2.24, 2.45) is 0 Å². The molecule has 0 unspecified atom stereocenters. The van der Waals surface area contributed by atoms with E-state index in [1.165, 1.54) is 6.92 Å². The molecule has 0 fully saturated rings. The van der Waals surface area contributed by atoms with Gasteiger partial charge in [0, 0.05) is 13.2 Å². The number of carbonyl (C=O) groups is 1. The van der Waals surface area contributed by atoms with Crippen LogP contribution in [0.25, 0.3) is 0 Å². The Morgan fingerprint density at radius 2 is 2.05 bits per heavy atom. The molecule has 1 N–H and O–H groups in total. The zero-order chi connectivity index (χ0) is 15.3. The molecule has 0 aromatic carbocycles. The lowest BCUT2D eigenvalue weighted by Gasteiger charge is -2.15. The van der Waals surface area contributed by atoms with Gasteiger partial charge in [-0.05, 0) is 25.5 Å². The van der Waals surface area contributed by atoms with Gasteiger partial charge in [-0.15, -0.1) is 0 Å². The number of halogens is 3. The molecule has 0 amide bonds. The first kappa shape index (κ1) is 16.2. The van der Waals surface area contributed by atoms with Gasteiger partial charge in [0.25, 0.3) is 5.56 Å². The lowest BCUT2D eigenvalue weighted by atomic mass is 10.2. The van der Waals surface area contributed by atoms with Crippen LogP contribution >= 0.6 is 0 Å². The topological polar surface area (TPSA) is 68.5 Å². The van der Waals surface area contributed by atoms with Gasteiger partial charge >= 0.3 is 12.1 Å². The molecule has 0 saturated heterocycles. The molecular weight excluding hydrogens is 279 g/mol. The summed E-state index contributed by atoms with van der Waals surface area (Å²) in [5.41, 5.74) is -2.70. The molecule has 5 nitrogen and oxygen atoms in total. The van der Waals surface area contributed by atoms with Crippen LogP contribution in [0.3, 0.4) is 0 Å². The minimum absolute atomic E-state index is 0.00986. The maximum absolute atomic E-state index is 12.8. The van der Waals surface area contributed by atoms with Crippen LogP contribution in [0.1, 0.15) is 29.4 Å². The zero-order valence-electron chi connectivity index (χ0n) is 10.7. The number of aromatic nitrogens is 1. The van der Waals surface area contributed by atoms with Crippen LogP contribution < -0.4 is 5.56 Å². The number of aliphatic hydroxyl groups is 1. The number of rotatable bonds is 5. The number of nitrogens with zero attached hydrogens (tertiary/aromatic N) is 1. The number of pyridine rings is 1. The minimum Gasteiger partial charge on any atom is -0.462 e. The first-order valence-electron chi connectivity index (χ1n) is 5.92. The maximum atomic E-state index is 12.8. The van der Waals surface area contributed by atoms with Crippen molar-refractivity contribution < 1.29 is 27.8 Å². The summed E-state index contributed by atoms with van der Waals surface area (Å²) in [4.78, 5) is 23.4. The second-order valence-corrected chi connectivity index (χ2v) is 3.88. The number of carbonyl (C=O) groups excluding carboxylic acids is 1. The smallest absolute Gasteiger partial charge is 0.431 e. The summed E-state index contributed by atoms with van der Waals surface area (Å²) in [6.45, 7) is 0.826. The zero-order valence-corrected chi connectivity index (χ0v) is 10.7. The summed E-state index contributed by atoms with van der Waals surface area (Å²) in [6, 6.07) is 1.46. The predicted octanol–water partition coefficient (Wildman–Crippen LogP) is 1.43. The summed E-state index contributed by atoms with van der Waals surface area (Å²) >= 11 is 0. The van der Waals surface area contributed by atoms with Gasteiger partial charge in [-0.25, -0.2) is 4.79 Å². The third kappa shape index (κ3) is 3.60. The number of aliphatic hydroxyl groups excluding tert-OH is 1. The molecule has 1 aromatic heterocycles. The van der Waals surface area contributed by atoms with Crippen LogP contribution in [0.5, 0.6) is 0 Å². The van der Waals surface area contributed by atoms with Gasteiger partial charge in [0.05, 0.1) is 6.61 Å². The van der Waals surface area contributed by atoms with E-state index in [1.54, 1.807) is 0 Å². The van der Waals surface area contributed by atoms with E-state index in [0.29, 0.717) is 10.6 Å². The Bertz CT molecular complexity index is 536. The molecule has 0 aliphatic carbocycles. The largest absolute Gasteiger partial charge is 0.462 e. The molecule has 112 valence electrons. The van der Waals surface area contributed by atoms with Crippen LogP contribution in [0.2, 0.25) is 0 Å². The minimum atomic E-state index is -4.72. The molecule has 0 radical (unpaired) electrons. The van der Waals surface area contributed by atoms with Crippen LogP contribution in [0.4, 0.5) is 13.2 Å². The van der Waals surface area contributed by atoms with Crippen molar-refractivity contribution in [1.29, 1.82) is 0 Å². The average molecular weight is 293 g/mol. The molecule has 8 heteroatoms. The van der Waals surface area contributed by atoms with Crippen molar-refractivity contribution in [2.75, 3.05) is 13.2 Å². The Kier molecular flexibility index (Phi) is 5.32. The standard InChI is InChI=1S/C12H14F3NO4/c1-2-20-11(19)8-4-5-9(12(13,14)15)16(10(8)18)6-3-7-17/h4-5,17H,2-3,6-7H2,1H3. The molecule has 20 heavy (non-hydrogen) atoms. The number of hydrogen-bond acceptors (Lipinski definition) is 4. The normalized spacial score (nSPS) is 11.4. The molecule has 0 bridgehead atoms. The van der Waals surface area contributed by atoms with Gasteiger partial charge in [-0.1, -0.05) is 0 Å². The third-order valence-electron chi connectivity index (χ3n) is 2.50. The van der Waals surface area contributed by atoms with Crippen molar-refractivity contribution in [3.8, 4) is 0 Å². The predicted molar refractivity (Wildman–Crippen MR) is 63.4 cm³/mol. The molecule has 0 atom stereocenters. The first-order chi connectivity index (χ1) is 9.32. The van der Waals surface area contributed by atoms with Crippen molar-refractivity contribution in [1.82, 2.24) is 4.57 Å². The number of esters is 1. The Morgan fingerprint density at radius 3 is 2.55 bits per heavy atom. The first-order valence-corrected chi connectivity index (χ1v) is 5.92. The highest BCUT2D eigenvalue weighted by molar-refractivity contribution is 5.88.